The molecule has 0 spiro atoms. The molecule has 12 heavy (non-hydrogen) atoms. The maximum atomic E-state index is 8.63. The van der Waals surface area contributed by atoms with Crippen LogP contribution in [0.15, 0.2) is 0 Å². The maximum absolute atomic E-state index is 8.63. The molecule has 0 saturated carbocycles. The average Bonchev–Trinajstić information content (AvgIpc) is 1.98. The number of nitrogens with one attached hydrogen (secondary N) is 1. The molecular formula is C9H22N2O. The van der Waals surface area contributed by atoms with Crippen molar-refractivity contribution < 1.29 is 5.11 Å². The normalized spacial score (nSPS) is 13.8. The summed E-state index contributed by atoms with van der Waals surface area (Å²) >= 11 is 0. The first kappa shape index (κ1) is 11.9. The zero-order valence-corrected chi connectivity index (χ0v) is 8.51. The third-order valence-electron chi connectivity index (χ3n) is 1.84. The molecule has 0 aromatic carbocycles. The molecule has 0 heterocycles. The van der Waals surface area contributed by atoms with Gasteiger partial charge in [-0.3, -0.25) is 0 Å². The minimum absolute atomic E-state index is 0.280. The first-order valence-corrected chi connectivity index (χ1v) is 4.65. The highest BCUT2D eigenvalue weighted by Gasteiger charge is 1.98. The van der Waals surface area contributed by atoms with Crippen molar-refractivity contribution in [3.8, 4) is 0 Å². The van der Waals surface area contributed by atoms with E-state index in [1.54, 1.807) is 0 Å². The van der Waals surface area contributed by atoms with E-state index in [0.29, 0.717) is 6.04 Å². The van der Waals surface area contributed by atoms with Crippen molar-refractivity contribution in [1.29, 1.82) is 0 Å². The van der Waals surface area contributed by atoms with Gasteiger partial charge in [-0.15, -0.1) is 0 Å². The van der Waals surface area contributed by atoms with Crippen molar-refractivity contribution in [2.24, 2.45) is 0 Å². The van der Waals surface area contributed by atoms with Gasteiger partial charge in [0.1, 0.15) is 0 Å². The Labute approximate surface area is 75.8 Å². The van der Waals surface area contributed by atoms with E-state index in [9.17, 15) is 0 Å². The van der Waals surface area contributed by atoms with Crippen LogP contribution in [0.25, 0.3) is 0 Å². The molecule has 3 heteroatoms. The lowest BCUT2D eigenvalue weighted by Crippen LogP contribution is -2.29. The Morgan fingerprint density at radius 1 is 1.42 bits per heavy atom. The van der Waals surface area contributed by atoms with Crippen LogP contribution in [0.1, 0.15) is 19.8 Å². The van der Waals surface area contributed by atoms with Gasteiger partial charge in [0.25, 0.3) is 0 Å². The second-order valence-corrected chi connectivity index (χ2v) is 3.52. The number of hydrogen-bond acceptors (Lipinski definition) is 3. The number of rotatable bonds is 7. The van der Waals surface area contributed by atoms with Crippen LogP contribution in [0.3, 0.4) is 0 Å². The molecule has 0 saturated heterocycles. The van der Waals surface area contributed by atoms with Crippen LogP contribution in [0, 0.1) is 0 Å². The van der Waals surface area contributed by atoms with Gasteiger partial charge in [0.2, 0.25) is 0 Å². The zero-order chi connectivity index (χ0) is 9.40. The van der Waals surface area contributed by atoms with Crippen molar-refractivity contribution in [1.82, 2.24) is 10.2 Å². The van der Waals surface area contributed by atoms with Gasteiger partial charge in [-0.2, -0.15) is 0 Å². The summed E-state index contributed by atoms with van der Waals surface area (Å²) in [4.78, 5) is 2.18. The van der Waals surface area contributed by atoms with Crippen LogP contribution < -0.4 is 5.32 Å². The number of aliphatic hydroxyl groups excluding tert-OH is 1. The van der Waals surface area contributed by atoms with Crippen molar-refractivity contribution in [3.05, 3.63) is 0 Å². The largest absolute Gasteiger partial charge is 0.396 e. The second kappa shape index (κ2) is 7.53. The van der Waals surface area contributed by atoms with Crippen LogP contribution in [0.5, 0.6) is 0 Å². The molecule has 1 unspecified atom stereocenters. The summed E-state index contributed by atoms with van der Waals surface area (Å²) in [6, 6.07) is 0.442. The van der Waals surface area contributed by atoms with E-state index in [4.69, 9.17) is 5.11 Å². The van der Waals surface area contributed by atoms with Crippen LogP contribution in [-0.4, -0.2) is 49.8 Å². The van der Waals surface area contributed by atoms with Crippen molar-refractivity contribution in [2.45, 2.75) is 25.8 Å². The van der Waals surface area contributed by atoms with E-state index in [1.165, 1.54) is 6.42 Å². The molecule has 74 valence electrons. The van der Waals surface area contributed by atoms with E-state index in [0.717, 1.165) is 19.5 Å². The van der Waals surface area contributed by atoms with E-state index in [1.807, 2.05) is 0 Å². The van der Waals surface area contributed by atoms with E-state index in [-0.39, 0.29) is 6.61 Å². The Bertz CT molecular complexity index is 96.5. The van der Waals surface area contributed by atoms with Gasteiger partial charge in [-0.05, 0) is 47.0 Å². The highest BCUT2D eigenvalue weighted by atomic mass is 16.3. The van der Waals surface area contributed by atoms with Gasteiger partial charge in [0, 0.05) is 12.6 Å². The lowest BCUT2D eigenvalue weighted by atomic mass is 10.2. The summed E-state index contributed by atoms with van der Waals surface area (Å²) in [5.41, 5.74) is 0. The summed E-state index contributed by atoms with van der Waals surface area (Å²) in [6.07, 6.45) is 2.02. The summed E-state index contributed by atoms with van der Waals surface area (Å²) < 4.78 is 0. The van der Waals surface area contributed by atoms with Gasteiger partial charge in [0.15, 0.2) is 0 Å². The Kier molecular flexibility index (Phi) is 7.45. The summed E-state index contributed by atoms with van der Waals surface area (Å²) in [7, 11) is 4.16. The van der Waals surface area contributed by atoms with Gasteiger partial charge in [-0.1, -0.05) is 0 Å². The minimum atomic E-state index is 0.280. The van der Waals surface area contributed by atoms with Gasteiger partial charge >= 0.3 is 0 Å². The third kappa shape index (κ3) is 7.98. The Balaban J connectivity index is 3.08. The fourth-order valence-corrected chi connectivity index (χ4v) is 1.04. The molecule has 0 aromatic heterocycles. The molecule has 0 fully saturated rings. The quantitative estimate of drug-likeness (QED) is 0.545. The fraction of sp³-hybridized carbons (Fsp3) is 1.00. The predicted molar refractivity (Wildman–Crippen MR) is 52.3 cm³/mol. The van der Waals surface area contributed by atoms with Crippen LogP contribution in [0.2, 0.25) is 0 Å². The van der Waals surface area contributed by atoms with E-state index in [2.05, 4.69) is 31.2 Å². The molecule has 0 rings (SSSR count). The molecule has 0 aliphatic carbocycles. The number of aliphatic hydroxyl groups is 1. The summed E-state index contributed by atoms with van der Waals surface area (Å²) in [5, 5.41) is 12.0. The molecule has 0 aromatic rings. The first-order chi connectivity index (χ1) is 5.66. The van der Waals surface area contributed by atoms with Gasteiger partial charge in [-0.25, -0.2) is 0 Å². The third-order valence-corrected chi connectivity index (χ3v) is 1.84. The highest BCUT2D eigenvalue weighted by Crippen LogP contribution is 1.89. The molecule has 0 amide bonds. The molecule has 0 aliphatic rings. The molecule has 0 bridgehead atoms. The molecular weight excluding hydrogens is 152 g/mol. The average molecular weight is 174 g/mol. The monoisotopic (exact) mass is 174 g/mol. The Hall–Kier alpha value is -0.120. The van der Waals surface area contributed by atoms with Crippen LogP contribution in [0.4, 0.5) is 0 Å². The highest BCUT2D eigenvalue weighted by molar-refractivity contribution is 4.59. The molecule has 1 atom stereocenters. The van der Waals surface area contributed by atoms with Crippen molar-refractivity contribution >= 4 is 0 Å². The smallest absolute Gasteiger partial charge is 0.0445 e. The lowest BCUT2D eigenvalue weighted by molar-refractivity contribution is 0.268. The summed E-state index contributed by atoms with van der Waals surface area (Å²) in [6.45, 7) is 4.55. The minimum Gasteiger partial charge on any atom is -0.396 e. The van der Waals surface area contributed by atoms with Gasteiger partial charge < -0.3 is 15.3 Å². The number of nitrogens with zero attached hydrogens (tertiary/aromatic N) is 1. The van der Waals surface area contributed by atoms with Crippen molar-refractivity contribution in [3.63, 3.8) is 0 Å². The Morgan fingerprint density at radius 2 is 2.08 bits per heavy atom. The number of hydrogen-bond donors (Lipinski definition) is 2. The van der Waals surface area contributed by atoms with E-state index < -0.39 is 0 Å². The summed E-state index contributed by atoms with van der Waals surface area (Å²) in [5.74, 6) is 0. The van der Waals surface area contributed by atoms with Crippen LogP contribution in [-0.2, 0) is 0 Å². The SMILES string of the molecule is CC(CCO)NCCCN(C)C. The standard InChI is InChI=1S/C9H22N2O/c1-9(5-8-12)10-6-4-7-11(2)3/h9-10,12H,4-8H2,1-3H3. The lowest BCUT2D eigenvalue weighted by Gasteiger charge is -2.13. The predicted octanol–water partition coefficient (Wildman–Crippen LogP) is 0.299. The zero-order valence-electron chi connectivity index (χ0n) is 8.51. The molecule has 2 N–H and O–H groups in total. The molecule has 3 nitrogen and oxygen atoms in total. The topological polar surface area (TPSA) is 35.5 Å². The van der Waals surface area contributed by atoms with E-state index >= 15 is 0 Å². The first-order valence-electron chi connectivity index (χ1n) is 4.65. The maximum Gasteiger partial charge on any atom is 0.0445 e. The molecule has 0 aliphatic heterocycles. The fourth-order valence-electron chi connectivity index (χ4n) is 1.04. The molecule has 0 radical (unpaired) electrons. The van der Waals surface area contributed by atoms with Crippen LogP contribution >= 0.6 is 0 Å². The second-order valence-electron chi connectivity index (χ2n) is 3.52. The van der Waals surface area contributed by atoms with Gasteiger partial charge in [0.05, 0.1) is 0 Å². The Morgan fingerprint density at radius 3 is 2.58 bits per heavy atom. The van der Waals surface area contributed by atoms with Crippen molar-refractivity contribution in [2.75, 3.05) is 33.8 Å².